The Morgan fingerprint density at radius 3 is 2.21 bits per heavy atom. The maximum atomic E-state index is 9.08. The van der Waals surface area contributed by atoms with Crippen LogP contribution in [0.4, 0.5) is 0 Å². The van der Waals surface area contributed by atoms with Crippen molar-refractivity contribution in [3.05, 3.63) is 29.8 Å². The lowest BCUT2D eigenvalue weighted by atomic mass is 10.1. The van der Waals surface area contributed by atoms with Gasteiger partial charge in [-0.05, 0) is 37.0 Å². The van der Waals surface area contributed by atoms with Crippen molar-refractivity contribution in [1.29, 1.82) is 0 Å². The second kappa shape index (κ2) is 6.44. The number of nitrogens with one attached hydrogen (secondary N) is 1. The number of hydrogen-bond donors (Lipinski definition) is 1. The molecule has 0 aliphatic heterocycles. The van der Waals surface area contributed by atoms with Crippen LogP contribution >= 0.6 is 0 Å². The van der Waals surface area contributed by atoms with Gasteiger partial charge in [0.05, 0.1) is 0 Å². The van der Waals surface area contributed by atoms with Crippen molar-refractivity contribution in [1.82, 2.24) is 5.73 Å². The third-order valence-electron chi connectivity index (χ3n) is 2.33. The quantitative estimate of drug-likeness (QED) is 0.692. The molecule has 0 heterocycles. The van der Waals surface area contributed by atoms with Gasteiger partial charge < -0.3 is 5.11 Å². The third-order valence-corrected chi connectivity index (χ3v) is 2.33. The van der Waals surface area contributed by atoms with Crippen molar-refractivity contribution >= 4 is 0 Å². The highest BCUT2D eigenvalue weighted by Gasteiger charge is 1.94. The molecule has 0 bridgehead atoms. The maximum absolute atomic E-state index is 9.08. The number of phenols is 1. The summed E-state index contributed by atoms with van der Waals surface area (Å²) in [6.07, 6.45) is 5.67. The fraction of sp³-hybridized carbons (Fsp3) is 0.500. The Bertz CT molecular complexity index is 243. The van der Waals surface area contributed by atoms with Crippen LogP contribution in [0.1, 0.15) is 31.2 Å². The zero-order valence-corrected chi connectivity index (χ0v) is 8.50. The van der Waals surface area contributed by atoms with Crippen LogP contribution in [-0.4, -0.2) is 11.7 Å². The lowest BCUT2D eigenvalue weighted by Crippen LogP contribution is -1.88. The molecule has 0 atom stereocenters. The minimum absolute atomic E-state index is 0.336. The molecule has 0 spiro atoms. The second-order valence-electron chi connectivity index (χ2n) is 3.58. The van der Waals surface area contributed by atoms with Gasteiger partial charge in [0, 0.05) is 6.54 Å². The van der Waals surface area contributed by atoms with Gasteiger partial charge in [0.25, 0.3) is 0 Å². The highest BCUT2D eigenvalue weighted by atomic mass is 16.3. The fourth-order valence-electron chi connectivity index (χ4n) is 1.47. The number of hydrogen-bond acceptors (Lipinski definition) is 1. The summed E-state index contributed by atoms with van der Waals surface area (Å²) in [4.78, 5) is 0. The molecule has 0 amide bonds. The summed E-state index contributed by atoms with van der Waals surface area (Å²) in [5.41, 5.74) is 8.28. The molecule has 2 N–H and O–H groups in total. The molecule has 1 radical (unpaired) electrons. The van der Waals surface area contributed by atoms with Gasteiger partial charge in [0.1, 0.15) is 5.75 Å². The van der Waals surface area contributed by atoms with E-state index in [1.165, 1.54) is 24.8 Å². The van der Waals surface area contributed by atoms with Gasteiger partial charge >= 0.3 is 0 Å². The van der Waals surface area contributed by atoms with Crippen LogP contribution in [0.2, 0.25) is 0 Å². The molecule has 1 aromatic rings. The first-order chi connectivity index (χ1) is 6.83. The van der Waals surface area contributed by atoms with Gasteiger partial charge in [-0.15, -0.1) is 0 Å². The molecular weight excluding hydrogens is 174 g/mol. The Labute approximate surface area is 85.8 Å². The Kier molecular flexibility index (Phi) is 5.08. The van der Waals surface area contributed by atoms with Gasteiger partial charge in [0.15, 0.2) is 0 Å². The van der Waals surface area contributed by atoms with Crippen LogP contribution in [0.3, 0.4) is 0 Å². The van der Waals surface area contributed by atoms with E-state index < -0.39 is 0 Å². The van der Waals surface area contributed by atoms with Crippen LogP contribution in [0.15, 0.2) is 24.3 Å². The SMILES string of the molecule is [NH]CCCCCCc1ccc(O)cc1. The first-order valence-electron chi connectivity index (χ1n) is 5.25. The van der Waals surface area contributed by atoms with E-state index in [0.29, 0.717) is 12.3 Å². The molecule has 1 aromatic carbocycles. The minimum atomic E-state index is 0.336. The zero-order chi connectivity index (χ0) is 10.2. The normalized spacial score (nSPS) is 10.4. The zero-order valence-electron chi connectivity index (χ0n) is 8.50. The van der Waals surface area contributed by atoms with Gasteiger partial charge in [-0.2, -0.15) is 0 Å². The van der Waals surface area contributed by atoms with E-state index in [-0.39, 0.29) is 0 Å². The Morgan fingerprint density at radius 1 is 0.929 bits per heavy atom. The van der Waals surface area contributed by atoms with Gasteiger partial charge in [0.2, 0.25) is 0 Å². The van der Waals surface area contributed by atoms with Gasteiger partial charge in [-0.3, -0.25) is 5.73 Å². The maximum Gasteiger partial charge on any atom is 0.115 e. The summed E-state index contributed by atoms with van der Waals surface area (Å²) >= 11 is 0. The average molecular weight is 192 g/mol. The lowest BCUT2D eigenvalue weighted by molar-refractivity contribution is 0.475. The van der Waals surface area contributed by atoms with E-state index in [0.717, 1.165) is 12.8 Å². The Hall–Kier alpha value is -1.02. The Balaban J connectivity index is 2.15. The summed E-state index contributed by atoms with van der Waals surface area (Å²) in [7, 11) is 0. The summed E-state index contributed by atoms with van der Waals surface area (Å²) in [6.45, 7) is 0.555. The molecule has 77 valence electrons. The van der Waals surface area contributed by atoms with Gasteiger partial charge in [-0.25, -0.2) is 0 Å². The van der Waals surface area contributed by atoms with Gasteiger partial charge in [-0.1, -0.05) is 25.0 Å². The van der Waals surface area contributed by atoms with E-state index in [1.54, 1.807) is 12.1 Å². The van der Waals surface area contributed by atoms with E-state index in [4.69, 9.17) is 10.8 Å². The molecule has 0 aliphatic carbocycles. The van der Waals surface area contributed by atoms with Crippen LogP contribution in [0, 0.1) is 0 Å². The molecule has 2 nitrogen and oxygen atoms in total. The first kappa shape index (κ1) is 11.1. The summed E-state index contributed by atoms with van der Waals surface area (Å²) in [5, 5.41) is 9.08. The van der Waals surface area contributed by atoms with Crippen LogP contribution in [0.25, 0.3) is 0 Å². The molecule has 0 unspecified atom stereocenters. The van der Waals surface area contributed by atoms with Crippen molar-refractivity contribution in [3.63, 3.8) is 0 Å². The number of rotatable bonds is 6. The van der Waals surface area contributed by atoms with Crippen molar-refractivity contribution < 1.29 is 5.11 Å². The molecular formula is C12H18NO. The summed E-state index contributed by atoms with van der Waals surface area (Å²) in [6, 6.07) is 7.41. The van der Waals surface area contributed by atoms with E-state index in [1.807, 2.05) is 12.1 Å². The van der Waals surface area contributed by atoms with E-state index in [9.17, 15) is 0 Å². The second-order valence-corrected chi connectivity index (χ2v) is 3.58. The van der Waals surface area contributed by atoms with Crippen molar-refractivity contribution in [2.75, 3.05) is 6.54 Å². The fourth-order valence-corrected chi connectivity index (χ4v) is 1.47. The topological polar surface area (TPSA) is 44.0 Å². The standard InChI is InChI=1S/C12H18NO/c13-10-4-2-1-3-5-11-6-8-12(14)9-7-11/h6-9,13-14H,1-5,10H2. The molecule has 0 aliphatic rings. The average Bonchev–Trinajstić information content (AvgIpc) is 2.21. The van der Waals surface area contributed by atoms with Crippen molar-refractivity contribution in [2.45, 2.75) is 32.1 Å². The minimum Gasteiger partial charge on any atom is -0.508 e. The molecule has 0 aromatic heterocycles. The predicted molar refractivity (Wildman–Crippen MR) is 58.2 cm³/mol. The summed E-state index contributed by atoms with van der Waals surface area (Å²) < 4.78 is 0. The Morgan fingerprint density at radius 2 is 1.57 bits per heavy atom. The van der Waals surface area contributed by atoms with Crippen LogP contribution in [0.5, 0.6) is 5.75 Å². The molecule has 1 rings (SSSR count). The van der Waals surface area contributed by atoms with E-state index >= 15 is 0 Å². The van der Waals surface area contributed by atoms with E-state index in [2.05, 4.69) is 0 Å². The first-order valence-corrected chi connectivity index (χ1v) is 5.25. The highest BCUT2D eigenvalue weighted by molar-refractivity contribution is 5.25. The number of aromatic hydroxyl groups is 1. The third kappa shape index (κ3) is 4.28. The lowest BCUT2D eigenvalue weighted by Gasteiger charge is -2.01. The molecule has 14 heavy (non-hydrogen) atoms. The monoisotopic (exact) mass is 192 g/mol. The largest absolute Gasteiger partial charge is 0.508 e. The van der Waals surface area contributed by atoms with Crippen molar-refractivity contribution in [2.24, 2.45) is 0 Å². The number of aryl methyl sites for hydroxylation is 1. The number of phenolic OH excluding ortho intramolecular Hbond substituents is 1. The molecule has 0 fully saturated rings. The highest BCUT2D eigenvalue weighted by Crippen LogP contribution is 2.12. The van der Waals surface area contributed by atoms with Crippen LogP contribution in [-0.2, 0) is 6.42 Å². The predicted octanol–water partition coefficient (Wildman–Crippen LogP) is 2.78. The summed E-state index contributed by atoms with van der Waals surface area (Å²) in [5.74, 6) is 0.336. The smallest absolute Gasteiger partial charge is 0.115 e. The van der Waals surface area contributed by atoms with Crippen LogP contribution < -0.4 is 5.73 Å². The number of benzene rings is 1. The molecule has 0 saturated heterocycles. The number of unbranched alkanes of at least 4 members (excludes halogenated alkanes) is 3. The van der Waals surface area contributed by atoms with Crippen molar-refractivity contribution in [3.8, 4) is 5.75 Å². The molecule has 2 heteroatoms. The molecule has 0 saturated carbocycles.